The van der Waals surface area contributed by atoms with Gasteiger partial charge in [0.05, 0.1) is 16.3 Å². The lowest BCUT2D eigenvalue weighted by Gasteiger charge is -2.16. The van der Waals surface area contributed by atoms with Crippen molar-refractivity contribution < 1.29 is 17.8 Å². The molecule has 1 aromatic rings. The average Bonchev–Trinajstić information content (AvgIpc) is 3.06. The van der Waals surface area contributed by atoms with E-state index in [0.29, 0.717) is 22.7 Å². The monoisotopic (exact) mass is 392 g/mol. The molecule has 2 aliphatic rings. The molecule has 10 heteroatoms. The maximum atomic E-state index is 12.4. The van der Waals surface area contributed by atoms with Crippen LogP contribution in [0, 0.1) is 0 Å². The van der Waals surface area contributed by atoms with E-state index in [1.165, 1.54) is 16.8 Å². The third kappa shape index (κ3) is 3.87. The SMILES string of the molecule is CN1N=C(c2ccccn2)/C(=C/C=C2/SC=C(CS(=O)(=O)O)N2C)C1=O. The fourth-order valence-corrected chi connectivity index (χ4v) is 4.10. The first-order chi connectivity index (χ1) is 12.3. The first-order valence-corrected chi connectivity index (χ1v) is 10.00. The van der Waals surface area contributed by atoms with Crippen molar-refractivity contribution >= 4 is 33.5 Å². The molecule has 0 atom stereocenters. The smallest absolute Gasteiger partial charge is 0.276 e. The Morgan fingerprint density at radius 3 is 2.69 bits per heavy atom. The summed E-state index contributed by atoms with van der Waals surface area (Å²) in [6.45, 7) is 0. The zero-order chi connectivity index (χ0) is 18.9. The summed E-state index contributed by atoms with van der Waals surface area (Å²) in [5, 5.41) is 7.86. The van der Waals surface area contributed by atoms with Gasteiger partial charge in [0.25, 0.3) is 16.0 Å². The summed E-state index contributed by atoms with van der Waals surface area (Å²) in [4.78, 5) is 18.3. The molecule has 0 saturated heterocycles. The molecule has 0 fully saturated rings. The van der Waals surface area contributed by atoms with Gasteiger partial charge in [-0.15, -0.1) is 0 Å². The van der Waals surface area contributed by atoms with Crippen LogP contribution in [0.3, 0.4) is 0 Å². The van der Waals surface area contributed by atoms with E-state index in [1.807, 2.05) is 6.07 Å². The second-order valence-electron chi connectivity index (χ2n) is 5.59. The molecule has 1 amide bonds. The molecule has 1 aromatic heterocycles. The van der Waals surface area contributed by atoms with Crippen LogP contribution in [-0.4, -0.2) is 59.3 Å². The quantitative estimate of drug-likeness (QED) is 0.611. The van der Waals surface area contributed by atoms with Crippen molar-refractivity contribution in [2.45, 2.75) is 0 Å². The van der Waals surface area contributed by atoms with Crippen LogP contribution in [-0.2, 0) is 14.9 Å². The third-order valence-electron chi connectivity index (χ3n) is 3.74. The van der Waals surface area contributed by atoms with Crippen molar-refractivity contribution in [1.82, 2.24) is 14.9 Å². The van der Waals surface area contributed by atoms with Gasteiger partial charge in [-0.05, 0) is 29.7 Å². The molecule has 2 aliphatic heterocycles. The normalized spacial score (nSPS) is 21.0. The highest BCUT2D eigenvalue weighted by molar-refractivity contribution is 8.06. The predicted octanol–water partition coefficient (Wildman–Crippen LogP) is 1.43. The average molecular weight is 392 g/mol. The van der Waals surface area contributed by atoms with Gasteiger partial charge < -0.3 is 4.90 Å². The Kier molecular flexibility index (Phi) is 4.99. The van der Waals surface area contributed by atoms with E-state index in [4.69, 9.17) is 4.55 Å². The zero-order valence-electron chi connectivity index (χ0n) is 14.0. The topological polar surface area (TPSA) is 103 Å². The van der Waals surface area contributed by atoms with Gasteiger partial charge in [0.1, 0.15) is 11.5 Å². The maximum Gasteiger partial charge on any atom is 0.276 e. The summed E-state index contributed by atoms with van der Waals surface area (Å²) in [5.74, 6) is -0.716. The Balaban J connectivity index is 1.86. The maximum absolute atomic E-state index is 12.4. The van der Waals surface area contributed by atoms with Gasteiger partial charge in [0.15, 0.2) is 0 Å². The molecule has 1 N–H and O–H groups in total. The highest BCUT2D eigenvalue weighted by Gasteiger charge is 2.29. The van der Waals surface area contributed by atoms with E-state index < -0.39 is 15.9 Å². The van der Waals surface area contributed by atoms with Gasteiger partial charge in [0, 0.05) is 26.0 Å². The van der Waals surface area contributed by atoms with Crippen LogP contribution in [0.4, 0.5) is 0 Å². The summed E-state index contributed by atoms with van der Waals surface area (Å²) >= 11 is 1.31. The van der Waals surface area contributed by atoms with E-state index in [9.17, 15) is 13.2 Å². The van der Waals surface area contributed by atoms with E-state index in [1.54, 1.807) is 54.9 Å². The summed E-state index contributed by atoms with van der Waals surface area (Å²) in [6.07, 6.45) is 4.98. The molecule has 0 bridgehead atoms. The van der Waals surface area contributed by atoms with Crippen LogP contribution in [0.15, 0.2) is 63.4 Å². The number of allylic oxidation sites excluding steroid dienone is 2. The predicted molar refractivity (Wildman–Crippen MR) is 99.6 cm³/mol. The fraction of sp³-hybridized carbons (Fsp3) is 0.188. The summed E-state index contributed by atoms with van der Waals surface area (Å²) in [5.41, 5.74) is 1.92. The van der Waals surface area contributed by atoms with E-state index >= 15 is 0 Å². The molecular formula is C16H16N4O4S2. The van der Waals surface area contributed by atoms with E-state index in [2.05, 4.69) is 10.1 Å². The van der Waals surface area contributed by atoms with Gasteiger partial charge in [-0.3, -0.25) is 14.3 Å². The summed E-state index contributed by atoms with van der Waals surface area (Å²) in [7, 11) is -0.846. The summed E-state index contributed by atoms with van der Waals surface area (Å²) in [6, 6.07) is 5.37. The number of carbonyl (C=O) groups is 1. The van der Waals surface area contributed by atoms with Crippen molar-refractivity contribution in [2.24, 2.45) is 5.10 Å². The van der Waals surface area contributed by atoms with Crippen molar-refractivity contribution in [1.29, 1.82) is 0 Å². The molecule has 0 unspecified atom stereocenters. The minimum atomic E-state index is -4.11. The minimum absolute atomic E-state index is 0.251. The van der Waals surface area contributed by atoms with Crippen LogP contribution in [0.5, 0.6) is 0 Å². The Hall–Kier alpha value is -2.43. The standard InChI is InChI=1S/C16H16N4O4S2/c1-19-11(10-26(22,23)24)9-25-14(19)7-6-12-15(18-20(2)16(12)21)13-5-3-4-8-17-13/h3-9H,10H2,1-2H3,(H,22,23,24)/b12-6-,14-7+. The number of amides is 1. The minimum Gasteiger partial charge on any atom is -0.341 e. The fourth-order valence-electron chi connectivity index (χ4n) is 2.42. The lowest BCUT2D eigenvalue weighted by atomic mass is 10.1. The van der Waals surface area contributed by atoms with Gasteiger partial charge in [-0.1, -0.05) is 17.8 Å². The summed E-state index contributed by atoms with van der Waals surface area (Å²) < 4.78 is 31.1. The number of hydrogen-bond acceptors (Lipinski definition) is 7. The van der Waals surface area contributed by atoms with Crippen molar-refractivity contribution in [2.75, 3.05) is 19.8 Å². The molecule has 0 spiro atoms. The Morgan fingerprint density at radius 1 is 1.27 bits per heavy atom. The lowest BCUT2D eigenvalue weighted by molar-refractivity contribution is -0.124. The number of rotatable bonds is 4. The molecule has 136 valence electrons. The highest BCUT2D eigenvalue weighted by Crippen LogP contribution is 2.33. The van der Waals surface area contributed by atoms with Gasteiger partial charge in [-0.25, -0.2) is 5.01 Å². The lowest BCUT2D eigenvalue weighted by Crippen LogP contribution is -2.19. The van der Waals surface area contributed by atoms with Gasteiger partial charge >= 0.3 is 0 Å². The van der Waals surface area contributed by atoms with E-state index in [-0.39, 0.29) is 5.91 Å². The van der Waals surface area contributed by atoms with Crippen molar-refractivity contribution in [3.63, 3.8) is 0 Å². The third-order valence-corrected chi connectivity index (χ3v) is 5.44. The van der Waals surface area contributed by atoms with Crippen molar-refractivity contribution in [3.8, 4) is 0 Å². The van der Waals surface area contributed by atoms with Crippen LogP contribution >= 0.6 is 11.8 Å². The Bertz CT molecular complexity index is 965. The Morgan fingerprint density at radius 2 is 2.04 bits per heavy atom. The molecule has 26 heavy (non-hydrogen) atoms. The first kappa shape index (κ1) is 18.4. The number of thioether (sulfide) groups is 1. The Labute approximate surface area is 155 Å². The number of hydrazone groups is 1. The second kappa shape index (κ2) is 7.06. The number of likely N-dealkylation sites (N-methyl/N-ethyl adjacent to an activating group) is 1. The molecule has 8 nitrogen and oxygen atoms in total. The number of hydrogen-bond donors (Lipinski definition) is 1. The zero-order valence-corrected chi connectivity index (χ0v) is 15.7. The largest absolute Gasteiger partial charge is 0.341 e. The van der Waals surface area contributed by atoms with Gasteiger partial charge in [0.2, 0.25) is 0 Å². The molecule has 0 aromatic carbocycles. The van der Waals surface area contributed by atoms with E-state index in [0.717, 1.165) is 5.03 Å². The first-order valence-electron chi connectivity index (χ1n) is 7.51. The van der Waals surface area contributed by atoms with Crippen molar-refractivity contribution in [3.05, 3.63) is 63.9 Å². The number of carbonyl (C=O) groups excluding carboxylic acids is 1. The molecule has 0 radical (unpaired) electrons. The van der Waals surface area contributed by atoms with Gasteiger partial charge in [-0.2, -0.15) is 13.5 Å². The van der Waals surface area contributed by atoms with Crippen LogP contribution in [0.25, 0.3) is 0 Å². The van der Waals surface area contributed by atoms with Crippen LogP contribution in [0.2, 0.25) is 0 Å². The number of nitrogens with zero attached hydrogens (tertiary/aromatic N) is 4. The van der Waals surface area contributed by atoms with Crippen LogP contribution in [0.1, 0.15) is 5.69 Å². The molecule has 3 rings (SSSR count). The van der Waals surface area contributed by atoms with Crippen LogP contribution < -0.4 is 0 Å². The molecule has 0 aliphatic carbocycles. The second-order valence-corrected chi connectivity index (χ2v) is 7.93. The molecular weight excluding hydrogens is 376 g/mol. The number of pyridine rings is 1. The highest BCUT2D eigenvalue weighted by atomic mass is 32.2. The molecule has 3 heterocycles. The number of aromatic nitrogens is 1. The molecule has 0 saturated carbocycles.